The van der Waals surface area contributed by atoms with Crippen molar-refractivity contribution < 1.29 is 14.7 Å². The molecule has 118 valence electrons. The van der Waals surface area contributed by atoms with Gasteiger partial charge in [-0.05, 0) is 35.7 Å². The number of carbonyl (C=O) groups excluding carboxylic acids is 1. The first-order chi connectivity index (χ1) is 11.0. The molecule has 2 aromatic rings. The molecule has 0 spiro atoms. The summed E-state index contributed by atoms with van der Waals surface area (Å²) in [4.78, 5) is 25.4. The highest BCUT2D eigenvalue weighted by molar-refractivity contribution is 6.03. The van der Waals surface area contributed by atoms with Crippen molar-refractivity contribution in [1.82, 2.24) is 0 Å². The zero-order chi connectivity index (χ0) is 16.6. The standard InChI is InChI=1S/C19H19NO3/c1-12(2)16-17(13-8-10-14(11-9-13)19(22)23)20(18(16)21)15-6-4-3-5-7-15/h3-12,16-17H,1-2H3,(H,22,23)/t16-,17-/m1/s1. The number of β-lactam (4-membered cyclic amide) rings is 1. The van der Waals surface area contributed by atoms with Crippen molar-refractivity contribution in [2.24, 2.45) is 11.8 Å². The highest BCUT2D eigenvalue weighted by atomic mass is 16.4. The van der Waals surface area contributed by atoms with E-state index in [1.165, 1.54) is 0 Å². The number of hydrogen-bond donors (Lipinski definition) is 1. The van der Waals surface area contributed by atoms with Crippen LogP contribution < -0.4 is 4.90 Å². The lowest BCUT2D eigenvalue weighted by molar-refractivity contribution is -0.132. The SMILES string of the molecule is CC(C)[C@H]1C(=O)N(c2ccccc2)[C@@H]1c1ccc(C(=O)O)cc1. The molecule has 4 nitrogen and oxygen atoms in total. The van der Waals surface area contributed by atoms with Crippen LogP contribution in [0.3, 0.4) is 0 Å². The van der Waals surface area contributed by atoms with Crippen LogP contribution in [-0.2, 0) is 4.79 Å². The maximum atomic E-state index is 12.6. The number of benzene rings is 2. The normalized spacial score (nSPS) is 20.5. The number of nitrogens with zero attached hydrogens (tertiary/aromatic N) is 1. The fraction of sp³-hybridized carbons (Fsp3) is 0.263. The first-order valence-electron chi connectivity index (χ1n) is 7.72. The van der Waals surface area contributed by atoms with E-state index in [0.717, 1.165) is 11.3 Å². The van der Waals surface area contributed by atoms with E-state index in [0.29, 0.717) is 0 Å². The fourth-order valence-corrected chi connectivity index (χ4v) is 3.22. The van der Waals surface area contributed by atoms with Gasteiger partial charge in [0.05, 0.1) is 17.5 Å². The molecule has 0 bridgehead atoms. The van der Waals surface area contributed by atoms with Crippen molar-refractivity contribution in [3.05, 3.63) is 65.7 Å². The van der Waals surface area contributed by atoms with Gasteiger partial charge >= 0.3 is 5.97 Å². The molecule has 0 saturated carbocycles. The van der Waals surface area contributed by atoms with Crippen molar-refractivity contribution in [1.29, 1.82) is 0 Å². The van der Waals surface area contributed by atoms with Gasteiger partial charge in [-0.1, -0.05) is 44.2 Å². The van der Waals surface area contributed by atoms with Gasteiger partial charge in [-0.2, -0.15) is 0 Å². The molecule has 2 atom stereocenters. The van der Waals surface area contributed by atoms with E-state index < -0.39 is 5.97 Å². The Hall–Kier alpha value is -2.62. The Morgan fingerprint density at radius 1 is 1.04 bits per heavy atom. The molecule has 1 aliphatic rings. The van der Waals surface area contributed by atoms with Crippen LogP contribution in [0.5, 0.6) is 0 Å². The third-order valence-corrected chi connectivity index (χ3v) is 4.39. The summed E-state index contributed by atoms with van der Waals surface area (Å²) in [6.07, 6.45) is 0. The number of carbonyl (C=O) groups is 2. The molecule has 23 heavy (non-hydrogen) atoms. The highest BCUT2D eigenvalue weighted by Gasteiger charge is 2.49. The first kappa shape index (κ1) is 15.3. The second-order valence-electron chi connectivity index (χ2n) is 6.19. The van der Waals surface area contributed by atoms with Gasteiger partial charge in [0.1, 0.15) is 0 Å². The predicted octanol–water partition coefficient (Wildman–Crippen LogP) is 3.74. The lowest BCUT2D eigenvalue weighted by Gasteiger charge is -2.49. The smallest absolute Gasteiger partial charge is 0.335 e. The van der Waals surface area contributed by atoms with Gasteiger partial charge < -0.3 is 10.0 Å². The number of aromatic carboxylic acids is 1. The Balaban J connectivity index is 1.98. The van der Waals surface area contributed by atoms with Crippen molar-refractivity contribution >= 4 is 17.6 Å². The summed E-state index contributed by atoms with van der Waals surface area (Å²) in [7, 11) is 0. The fourth-order valence-electron chi connectivity index (χ4n) is 3.22. The van der Waals surface area contributed by atoms with Crippen molar-refractivity contribution in [2.45, 2.75) is 19.9 Å². The number of para-hydroxylation sites is 1. The van der Waals surface area contributed by atoms with Gasteiger partial charge in [-0.15, -0.1) is 0 Å². The Morgan fingerprint density at radius 3 is 2.17 bits per heavy atom. The van der Waals surface area contributed by atoms with E-state index in [-0.39, 0.29) is 29.3 Å². The molecule has 1 heterocycles. The minimum Gasteiger partial charge on any atom is -0.478 e. The second kappa shape index (κ2) is 5.88. The van der Waals surface area contributed by atoms with Crippen LogP contribution in [0.4, 0.5) is 5.69 Å². The van der Waals surface area contributed by atoms with Gasteiger partial charge in [-0.25, -0.2) is 4.79 Å². The average molecular weight is 309 g/mol. The van der Waals surface area contributed by atoms with Crippen LogP contribution in [0.2, 0.25) is 0 Å². The third kappa shape index (κ3) is 2.61. The van der Waals surface area contributed by atoms with Crippen LogP contribution in [0.25, 0.3) is 0 Å². The maximum absolute atomic E-state index is 12.6. The quantitative estimate of drug-likeness (QED) is 0.875. The van der Waals surface area contributed by atoms with E-state index in [1.807, 2.05) is 56.3 Å². The zero-order valence-corrected chi connectivity index (χ0v) is 13.1. The summed E-state index contributed by atoms with van der Waals surface area (Å²) in [5.74, 6) is -0.669. The monoisotopic (exact) mass is 309 g/mol. The van der Waals surface area contributed by atoms with Crippen LogP contribution in [0.15, 0.2) is 54.6 Å². The molecule has 0 aromatic heterocycles. The number of anilines is 1. The van der Waals surface area contributed by atoms with Gasteiger partial charge in [-0.3, -0.25) is 4.79 Å². The topological polar surface area (TPSA) is 57.6 Å². The number of hydrogen-bond acceptors (Lipinski definition) is 2. The Morgan fingerprint density at radius 2 is 1.65 bits per heavy atom. The molecule has 0 aliphatic carbocycles. The number of rotatable bonds is 4. The Labute approximate surface area is 135 Å². The molecule has 0 unspecified atom stereocenters. The molecule has 0 radical (unpaired) electrons. The minimum absolute atomic E-state index is 0.0484. The third-order valence-electron chi connectivity index (χ3n) is 4.39. The van der Waals surface area contributed by atoms with Crippen LogP contribution in [0, 0.1) is 11.8 Å². The van der Waals surface area contributed by atoms with Gasteiger partial charge in [0, 0.05) is 5.69 Å². The van der Waals surface area contributed by atoms with E-state index in [9.17, 15) is 9.59 Å². The molecule has 1 N–H and O–H groups in total. The summed E-state index contributed by atoms with van der Waals surface area (Å²) in [5.41, 5.74) is 2.10. The molecule has 3 rings (SSSR count). The summed E-state index contributed by atoms with van der Waals surface area (Å²) in [6, 6.07) is 16.4. The van der Waals surface area contributed by atoms with Gasteiger partial charge in [0.15, 0.2) is 0 Å². The van der Waals surface area contributed by atoms with Crippen LogP contribution in [0.1, 0.15) is 35.8 Å². The Kier molecular flexibility index (Phi) is 3.90. The van der Waals surface area contributed by atoms with Crippen molar-refractivity contribution in [3.8, 4) is 0 Å². The summed E-state index contributed by atoms with van der Waals surface area (Å²) in [6.45, 7) is 4.09. The first-order valence-corrected chi connectivity index (χ1v) is 7.72. The molecular formula is C19H19NO3. The molecule has 1 amide bonds. The average Bonchev–Trinajstić information content (AvgIpc) is 2.53. The second-order valence-corrected chi connectivity index (χ2v) is 6.19. The molecule has 1 saturated heterocycles. The molecule has 2 aromatic carbocycles. The molecular weight excluding hydrogens is 290 g/mol. The summed E-state index contributed by atoms with van der Waals surface area (Å²) >= 11 is 0. The number of carboxylic acid groups (broad SMARTS) is 1. The van der Waals surface area contributed by atoms with E-state index >= 15 is 0 Å². The summed E-state index contributed by atoms with van der Waals surface area (Å²) in [5, 5.41) is 9.03. The predicted molar refractivity (Wildman–Crippen MR) is 88.4 cm³/mol. The highest BCUT2D eigenvalue weighted by Crippen LogP contribution is 2.46. The van der Waals surface area contributed by atoms with E-state index in [4.69, 9.17) is 5.11 Å². The number of carboxylic acids is 1. The summed E-state index contributed by atoms with van der Waals surface area (Å²) < 4.78 is 0. The van der Waals surface area contributed by atoms with Crippen molar-refractivity contribution in [2.75, 3.05) is 4.90 Å². The minimum atomic E-state index is -0.943. The molecule has 1 fully saturated rings. The molecule has 4 heteroatoms. The lowest BCUT2D eigenvalue weighted by atomic mass is 9.75. The van der Waals surface area contributed by atoms with Crippen LogP contribution >= 0.6 is 0 Å². The molecule has 1 aliphatic heterocycles. The maximum Gasteiger partial charge on any atom is 0.335 e. The zero-order valence-electron chi connectivity index (χ0n) is 13.1. The van der Waals surface area contributed by atoms with E-state index in [2.05, 4.69) is 0 Å². The Bertz CT molecular complexity index is 722. The van der Waals surface area contributed by atoms with Gasteiger partial charge in [0.2, 0.25) is 5.91 Å². The van der Waals surface area contributed by atoms with Gasteiger partial charge in [0.25, 0.3) is 0 Å². The largest absolute Gasteiger partial charge is 0.478 e. The van der Waals surface area contributed by atoms with Crippen LogP contribution in [-0.4, -0.2) is 17.0 Å². The lowest BCUT2D eigenvalue weighted by Crippen LogP contribution is -2.57. The van der Waals surface area contributed by atoms with Crippen molar-refractivity contribution in [3.63, 3.8) is 0 Å². The van der Waals surface area contributed by atoms with E-state index in [1.54, 1.807) is 17.0 Å². The number of amides is 1.